The quantitative estimate of drug-likeness (QED) is 0.893. The van der Waals surface area contributed by atoms with E-state index in [1.165, 1.54) is 0 Å². The number of methoxy groups -OCH3 is 1. The summed E-state index contributed by atoms with van der Waals surface area (Å²) in [4.78, 5) is 26.8. The van der Waals surface area contributed by atoms with Crippen molar-refractivity contribution < 1.29 is 14.3 Å². The van der Waals surface area contributed by atoms with E-state index in [9.17, 15) is 9.59 Å². The Hall–Kier alpha value is -2.41. The second kappa shape index (κ2) is 6.60. The third-order valence-electron chi connectivity index (χ3n) is 4.65. The van der Waals surface area contributed by atoms with Crippen LogP contribution in [-0.4, -0.2) is 60.3 Å². The Labute approximate surface area is 140 Å². The highest BCUT2D eigenvalue weighted by Crippen LogP contribution is 2.27. The second-order valence-corrected chi connectivity index (χ2v) is 6.14. The summed E-state index contributed by atoms with van der Waals surface area (Å²) < 4.78 is 6.93. The molecule has 1 aromatic carbocycles. The molecule has 0 aliphatic carbocycles. The number of likely N-dealkylation sites (tertiary alicyclic amines) is 1. The van der Waals surface area contributed by atoms with Crippen molar-refractivity contribution in [2.45, 2.75) is 0 Å². The summed E-state index contributed by atoms with van der Waals surface area (Å²) in [5.74, 6) is -0.458. The summed E-state index contributed by atoms with van der Waals surface area (Å²) in [5.41, 5.74) is 1.35. The second-order valence-electron chi connectivity index (χ2n) is 6.14. The van der Waals surface area contributed by atoms with Crippen molar-refractivity contribution in [2.75, 3.05) is 33.9 Å². The minimum atomic E-state index is -0.256. The summed E-state index contributed by atoms with van der Waals surface area (Å²) in [6.45, 7) is 1.33. The summed E-state index contributed by atoms with van der Waals surface area (Å²) in [5, 5.41) is 7.90. The zero-order chi connectivity index (χ0) is 17.3. The molecule has 7 nitrogen and oxygen atoms in total. The van der Waals surface area contributed by atoms with Crippen molar-refractivity contribution in [3.63, 3.8) is 0 Å². The molecule has 7 heteroatoms. The number of hydrogen-bond donors (Lipinski definition) is 1. The van der Waals surface area contributed by atoms with E-state index in [0.29, 0.717) is 25.4 Å². The smallest absolute Gasteiger partial charge is 0.275 e. The Bertz CT molecular complexity index is 770. The normalized spacial score (nSPS) is 20.5. The van der Waals surface area contributed by atoms with E-state index < -0.39 is 0 Å². The highest BCUT2D eigenvalue weighted by Gasteiger charge is 2.40. The molecule has 2 amide bonds. The van der Waals surface area contributed by atoms with Gasteiger partial charge in [0.05, 0.1) is 18.0 Å². The first-order chi connectivity index (χ1) is 11.6. The van der Waals surface area contributed by atoms with E-state index in [4.69, 9.17) is 4.74 Å². The first-order valence-corrected chi connectivity index (χ1v) is 7.98. The number of nitrogens with one attached hydrogen (secondary N) is 1. The minimum Gasteiger partial charge on any atom is -0.384 e. The van der Waals surface area contributed by atoms with E-state index in [2.05, 4.69) is 10.4 Å². The first-order valence-electron chi connectivity index (χ1n) is 7.98. The Morgan fingerprint density at radius 1 is 1.33 bits per heavy atom. The lowest BCUT2D eigenvalue weighted by Crippen LogP contribution is -2.34. The van der Waals surface area contributed by atoms with E-state index in [1.54, 1.807) is 23.7 Å². The molecular weight excluding hydrogens is 308 g/mol. The van der Waals surface area contributed by atoms with Gasteiger partial charge in [-0.15, -0.1) is 0 Å². The fourth-order valence-corrected chi connectivity index (χ4v) is 3.42. The molecule has 2 atom stereocenters. The summed E-state index contributed by atoms with van der Waals surface area (Å²) in [6.07, 6.45) is 0. The molecule has 1 saturated heterocycles. The van der Waals surface area contributed by atoms with Crippen molar-refractivity contribution in [3.8, 4) is 0 Å². The maximum absolute atomic E-state index is 13.0. The number of fused-ring (bicyclic) bond motifs is 1. The van der Waals surface area contributed by atoms with Gasteiger partial charge in [0.25, 0.3) is 5.91 Å². The molecule has 24 heavy (non-hydrogen) atoms. The van der Waals surface area contributed by atoms with Crippen molar-refractivity contribution in [3.05, 3.63) is 30.0 Å². The molecule has 1 N–H and O–H groups in total. The Kier molecular flexibility index (Phi) is 4.53. The lowest BCUT2D eigenvalue weighted by molar-refractivity contribution is -0.125. The maximum atomic E-state index is 13.0. The van der Waals surface area contributed by atoms with Gasteiger partial charge in [-0.1, -0.05) is 18.2 Å². The number of benzene rings is 1. The van der Waals surface area contributed by atoms with Gasteiger partial charge in [-0.3, -0.25) is 14.3 Å². The van der Waals surface area contributed by atoms with Crippen LogP contribution in [0.4, 0.5) is 0 Å². The van der Waals surface area contributed by atoms with Crippen LogP contribution in [0.3, 0.4) is 0 Å². The summed E-state index contributed by atoms with van der Waals surface area (Å²) >= 11 is 0. The fourth-order valence-electron chi connectivity index (χ4n) is 3.42. The van der Waals surface area contributed by atoms with Crippen LogP contribution in [0.25, 0.3) is 10.9 Å². The number of rotatable bonds is 4. The number of hydrogen-bond acceptors (Lipinski definition) is 4. The number of amides is 2. The predicted octanol–water partition coefficient (Wildman–Crippen LogP) is 0.654. The molecule has 1 fully saturated rings. The molecule has 0 radical (unpaired) electrons. The molecule has 0 unspecified atom stereocenters. The van der Waals surface area contributed by atoms with Crippen LogP contribution in [0.1, 0.15) is 10.5 Å². The summed E-state index contributed by atoms with van der Waals surface area (Å²) in [6, 6.07) is 7.65. The molecule has 1 aromatic heterocycles. The number of ether oxygens (including phenoxy) is 1. The lowest BCUT2D eigenvalue weighted by Gasteiger charge is -2.14. The first kappa shape index (κ1) is 16.4. The van der Waals surface area contributed by atoms with Crippen LogP contribution < -0.4 is 5.32 Å². The molecule has 1 aliphatic rings. The van der Waals surface area contributed by atoms with Gasteiger partial charge in [-0.25, -0.2) is 0 Å². The van der Waals surface area contributed by atoms with Crippen molar-refractivity contribution >= 4 is 22.7 Å². The summed E-state index contributed by atoms with van der Waals surface area (Å²) in [7, 11) is 5.05. The van der Waals surface area contributed by atoms with Gasteiger partial charge in [-0.2, -0.15) is 5.10 Å². The van der Waals surface area contributed by atoms with Crippen LogP contribution in [0.2, 0.25) is 0 Å². The predicted molar refractivity (Wildman–Crippen MR) is 89.5 cm³/mol. The van der Waals surface area contributed by atoms with E-state index in [0.717, 1.165) is 10.9 Å². The Morgan fingerprint density at radius 3 is 2.79 bits per heavy atom. The zero-order valence-electron chi connectivity index (χ0n) is 14.2. The monoisotopic (exact) mass is 330 g/mol. The zero-order valence-corrected chi connectivity index (χ0v) is 14.2. The molecular formula is C17H22N4O3. The number of aromatic nitrogens is 2. The van der Waals surface area contributed by atoms with Gasteiger partial charge in [0, 0.05) is 45.6 Å². The van der Waals surface area contributed by atoms with Crippen molar-refractivity contribution in [1.82, 2.24) is 20.0 Å². The van der Waals surface area contributed by atoms with Crippen LogP contribution >= 0.6 is 0 Å². The van der Waals surface area contributed by atoms with Gasteiger partial charge < -0.3 is 15.0 Å². The molecule has 2 heterocycles. The highest BCUT2D eigenvalue weighted by molar-refractivity contribution is 6.05. The van der Waals surface area contributed by atoms with Crippen molar-refractivity contribution in [1.29, 1.82) is 0 Å². The number of carbonyl (C=O) groups excluding carboxylic acids is 2. The van der Waals surface area contributed by atoms with Crippen LogP contribution in [0.5, 0.6) is 0 Å². The molecule has 1 aliphatic heterocycles. The standard InChI is InChI=1S/C17H22N4O3/c1-18-16(22)13-9-21(8-11(13)10-24-3)17(23)15-12-6-4-5-7-14(12)20(2)19-15/h4-7,11,13H,8-10H2,1-3H3,(H,18,22)/t11-,13+/m0/s1. The topological polar surface area (TPSA) is 76.5 Å². The van der Waals surface area contributed by atoms with Crippen LogP contribution in [0, 0.1) is 11.8 Å². The van der Waals surface area contributed by atoms with Gasteiger partial charge in [0.15, 0.2) is 5.69 Å². The number of aryl methyl sites for hydroxylation is 1. The highest BCUT2D eigenvalue weighted by atomic mass is 16.5. The Morgan fingerprint density at radius 2 is 2.08 bits per heavy atom. The van der Waals surface area contributed by atoms with Gasteiger partial charge in [0.1, 0.15) is 0 Å². The molecule has 3 rings (SSSR count). The van der Waals surface area contributed by atoms with Gasteiger partial charge in [0.2, 0.25) is 5.91 Å². The SMILES string of the molecule is CNC(=O)[C@@H]1CN(C(=O)c2nn(C)c3ccccc23)C[C@H]1COC. The number of carbonyl (C=O) groups is 2. The van der Waals surface area contributed by atoms with Crippen molar-refractivity contribution in [2.24, 2.45) is 18.9 Å². The minimum absolute atomic E-state index is 0.00567. The lowest BCUT2D eigenvalue weighted by atomic mass is 9.96. The molecule has 0 saturated carbocycles. The molecule has 0 spiro atoms. The third-order valence-corrected chi connectivity index (χ3v) is 4.65. The van der Waals surface area contributed by atoms with Gasteiger partial charge >= 0.3 is 0 Å². The Balaban J connectivity index is 1.88. The number of nitrogens with zero attached hydrogens (tertiary/aromatic N) is 3. The van der Waals surface area contributed by atoms with Crippen LogP contribution in [-0.2, 0) is 16.6 Å². The molecule has 0 bridgehead atoms. The van der Waals surface area contributed by atoms with E-state index in [-0.39, 0.29) is 23.7 Å². The fraction of sp³-hybridized carbons (Fsp3) is 0.471. The molecule has 128 valence electrons. The average molecular weight is 330 g/mol. The van der Waals surface area contributed by atoms with Crippen LogP contribution in [0.15, 0.2) is 24.3 Å². The third kappa shape index (κ3) is 2.75. The largest absolute Gasteiger partial charge is 0.384 e. The number of para-hydroxylation sites is 1. The maximum Gasteiger partial charge on any atom is 0.275 e. The average Bonchev–Trinajstić information content (AvgIpc) is 3.16. The molecule has 2 aromatic rings. The van der Waals surface area contributed by atoms with Gasteiger partial charge in [-0.05, 0) is 6.07 Å². The van der Waals surface area contributed by atoms with E-state index >= 15 is 0 Å². The van der Waals surface area contributed by atoms with E-state index in [1.807, 2.05) is 31.3 Å².